The van der Waals surface area contributed by atoms with E-state index in [-0.39, 0.29) is 11.9 Å². The van der Waals surface area contributed by atoms with E-state index in [1.54, 1.807) is 10.9 Å². The van der Waals surface area contributed by atoms with Crippen LogP contribution in [0.4, 0.5) is 0 Å². The van der Waals surface area contributed by atoms with Crippen LogP contribution < -0.4 is 5.32 Å². The minimum atomic E-state index is -0.0479. The molecule has 3 heterocycles. The molecule has 4 rings (SSSR count). The van der Waals surface area contributed by atoms with Gasteiger partial charge in [-0.3, -0.25) is 14.4 Å². The van der Waals surface area contributed by atoms with Gasteiger partial charge in [-0.05, 0) is 30.5 Å². The molecule has 0 spiro atoms. The number of hydrogen-bond donors (Lipinski definition) is 1. The van der Waals surface area contributed by atoms with Crippen LogP contribution in [0.5, 0.6) is 0 Å². The van der Waals surface area contributed by atoms with Crippen molar-refractivity contribution in [2.45, 2.75) is 25.4 Å². The number of amides is 1. The Hall–Kier alpha value is -2.86. The van der Waals surface area contributed by atoms with Gasteiger partial charge in [0.25, 0.3) is 5.91 Å². The zero-order valence-corrected chi connectivity index (χ0v) is 15.6. The number of rotatable bonds is 5. The lowest BCUT2D eigenvalue weighted by atomic mass is 10.0. The van der Waals surface area contributed by atoms with Crippen LogP contribution in [0.25, 0.3) is 5.82 Å². The van der Waals surface area contributed by atoms with Gasteiger partial charge in [0.15, 0.2) is 0 Å². The molecule has 0 saturated carbocycles. The van der Waals surface area contributed by atoms with Gasteiger partial charge in [0.05, 0.1) is 6.20 Å². The average molecular weight is 363 g/mol. The van der Waals surface area contributed by atoms with Crippen LogP contribution in [0.2, 0.25) is 0 Å². The van der Waals surface area contributed by atoms with Gasteiger partial charge in [-0.2, -0.15) is 5.10 Å². The summed E-state index contributed by atoms with van der Waals surface area (Å²) in [7, 11) is 1.86. The molecule has 1 aliphatic rings. The second-order valence-electron chi connectivity index (χ2n) is 7.11. The van der Waals surface area contributed by atoms with E-state index in [1.807, 2.05) is 42.2 Å². The molecular weight excluding hydrogens is 338 g/mol. The molecule has 1 fully saturated rings. The number of likely N-dealkylation sites (tertiary alicyclic amines) is 1. The predicted octanol–water partition coefficient (Wildman–Crippen LogP) is 2.61. The Bertz CT molecular complexity index is 877. The van der Waals surface area contributed by atoms with Crippen molar-refractivity contribution in [1.82, 2.24) is 24.6 Å². The van der Waals surface area contributed by atoms with Crippen LogP contribution in [-0.2, 0) is 13.6 Å². The number of carbonyl (C=O) groups is 1. The Labute approximate surface area is 159 Å². The molecule has 140 valence electrons. The number of hydrogen-bond acceptors (Lipinski definition) is 3. The molecule has 6 nitrogen and oxygen atoms in total. The Morgan fingerprint density at radius 2 is 1.81 bits per heavy atom. The zero-order chi connectivity index (χ0) is 18.6. The predicted molar refractivity (Wildman–Crippen MR) is 105 cm³/mol. The van der Waals surface area contributed by atoms with Gasteiger partial charge in [-0.1, -0.05) is 30.3 Å². The standard InChI is InChI=1S/C21H25N5O/c1-24-21(26-11-5-6-12-26)19(15-22-24)20(27)23-18-9-13-25(14-10-18)16-17-7-3-2-4-8-17/h2-8,11-12,15,18H,9-10,13-14,16H2,1H3,(H,23,27). The fraction of sp³-hybridized carbons (Fsp3) is 0.333. The Balaban J connectivity index is 1.35. The third-order valence-electron chi connectivity index (χ3n) is 5.17. The van der Waals surface area contributed by atoms with Crippen molar-refractivity contribution in [1.29, 1.82) is 0 Å². The molecule has 0 unspecified atom stereocenters. The highest BCUT2D eigenvalue weighted by molar-refractivity contribution is 5.97. The molecule has 0 atom stereocenters. The molecule has 1 aliphatic heterocycles. The summed E-state index contributed by atoms with van der Waals surface area (Å²) in [5.74, 6) is 0.743. The van der Waals surface area contributed by atoms with Crippen molar-refractivity contribution < 1.29 is 4.79 Å². The Morgan fingerprint density at radius 1 is 1.11 bits per heavy atom. The summed E-state index contributed by atoms with van der Waals surface area (Å²) in [6.45, 7) is 2.97. The molecule has 0 radical (unpaired) electrons. The summed E-state index contributed by atoms with van der Waals surface area (Å²) >= 11 is 0. The second-order valence-corrected chi connectivity index (χ2v) is 7.11. The van der Waals surface area contributed by atoms with Gasteiger partial charge in [0.2, 0.25) is 0 Å². The maximum absolute atomic E-state index is 12.8. The molecule has 1 aromatic carbocycles. The molecule has 1 amide bonds. The summed E-state index contributed by atoms with van der Waals surface area (Å²) in [6, 6.07) is 14.6. The summed E-state index contributed by atoms with van der Waals surface area (Å²) in [5, 5.41) is 7.48. The lowest BCUT2D eigenvalue weighted by molar-refractivity contribution is 0.0909. The molecule has 1 saturated heterocycles. The van der Waals surface area contributed by atoms with Crippen molar-refractivity contribution >= 4 is 5.91 Å². The first kappa shape index (κ1) is 17.5. The van der Waals surface area contributed by atoms with Crippen LogP contribution >= 0.6 is 0 Å². The summed E-state index contributed by atoms with van der Waals surface area (Å²) < 4.78 is 3.65. The van der Waals surface area contributed by atoms with Gasteiger partial charge in [0.1, 0.15) is 11.4 Å². The fourth-order valence-corrected chi connectivity index (χ4v) is 3.71. The largest absolute Gasteiger partial charge is 0.349 e. The quantitative estimate of drug-likeness (QED) is 0.758. The van der Waals surface area contributed by atoms with Crippen LogP contribution in [0.3, 0.4) is 0 Å². The van der Waals surface area contributed by atoms with Gasteiger partial charge in [-0.15, -0.1) is 0 Å². The number of benzene rings is 1. The fourth-order valence-electron chi connectivity index (χ4n) is 3.71. The minimum Gasteiger partial charge on any atom is -0.349 e. The average Bonchev–Trinajstić information content (AvgIpc) is 3.33. The van der Waals surface area contributed by atoms with Crippen molar-refractivity contribution in [3.05, 3.63) is 72.2 Å². The van der Waals surface area contributed by atoms with Gasteiger partial charge in [0, 0.05) is 45.1 Å². The van der Waals surface area contributed by atoms with E-state index >= 15 is 0 Å². The SMILES string of the molecule is Cn1ncc(C(=O)NC2CCN(Cc3ccccc3)CC2)c1-n1cccc1. The first-order valence-electron chi connectivity index (χ1n) is 9.43. The monoisotopic (exact) mass is 363 g/mol. The number of aromatic nitrogens is 3. The third kappa shape index (κ3) is 3.95. The maximum Gasteiger partial charge on any atom is 0.256 e. The highest BCUT2D eigenvalue weighted by atomic mass is 16.1. The number of nitrogens with zero attached hydrogens (tertiary/aromatic N) is 4. The van der Waals surface area contributed by atoms with E-state index in [2.05, 4.69) is 39.6 Å². The van der Waals surface area contributed by atoms with Crippen molar-refractivity contribution in [3.8, 4) is 5.82 Å². The van der Waals surface area contributed by atoms with E-state index in [9.17, 15) is 4.79 Å². The number of aryl methyl sites for hydroxylation is 1. The Morgan fingerprint density at radius 3 is 2.52 bits per heavy atom. The first-order chi connectivity index (χ1) is 13.2. The van der Waals surface area contributed by atoms with Crippen molar-refractivity contribution in [2.24, 2.45) is 7.05 Å². The second kappa shape index (κ2) is 7.80. The van der Waals surface area contributed by atoms with E-state index < -0.39 is 0 Å². The maximum atomic E-state index is 12.8. The molecule has 27 heavy (non-hydrogen) atoms. The number of carbonyl (C=O) groups excluding carboxylic acids is 1. The van der Waals surface area contributed by atoms with Crippen molar-refractivity contribution in [2.75, 3.05) is 13.1 Å². The first-order valence-corrected chi connectivity index (χ1v) is 9.43. The van der Waals surface area contributed by atoms with Gasteiger partial charge in [-0.25, -0.2) is 0 Å². The normalized spacial score (nSPS) is 15.7. The number of nitrogens with one attached hydrogen (secondary N) is 1. The smallest absolute Gasteiger partial charge is 0.256 e. The van der Waals surface area contributed by atoms with Crippen LogP contribution in [0, 0.1) is 0 Å². The third-order valence-corrected chi connectivity index (χ3v) is 5.17. The minimum absolute atomic E-state index is 0.0479. The van der Waals surface area contributed by atoms with Crippen LogP contribution in [-0.4, -0.2) is 44.3 Å². The summed E-state index contributed by atoms with van der Waals surface area (Å²) in [6.07, 6.45) is 7.44. The summed E-state index contributed by atoms with van der Waals surface area (Å²) in [5.41, 5.74) is 1.95. The van der Waals surface area contributed by atoms with Crippen molar-refractivity contribution in [3.63, 3.8) is 0 Å². The molecular formula is C21H25N5O. The van der Waals surface area contributed by atoms with Crippen LogP contribution in [0.15, 0.2) is 61.1 Å². The van der Waals surface area contributed by atoms with Gasteiger partial charge >= 0.3 is 0 Å². The highest BCUT2D eigenvalue weighted by Gasteiger charge is 2.24. The lowest BCUT2D eigenvalue weighted by Crippen LogP contribution is -2.44. The zero-order valence-electron chi connectivity index (χ0n) is 15.6. The Kier molecular flexibility index (Phi) is 5.07. The van der Waals surface area contributed by atoms with E-state index in [0.29, 0.717) is 5.56 Å². The topological polar surface area (TPSA) is 55.1 Å². The van der Waals surface area contributed by atoms with Crippen LogP contribution in [0.1, 0.15) is 28.8 Å². The van der Waals surface area contributed by atoms with Gasteiger partial charge < -0.3 is 9.88 Å². The molecule has 3 aromatic rings. The summed E-state index contributed by atoms with van der Waals surface area (Å²) in [4.78, 5) is 15.3. The molecule has 0 bridgehead atoms. The van der Waals surface area contributed by atoms with E-state index in [4.69, 9.17) is 0 Å². The molecule has 0 aliphatic carbocycles. The molecule has 2 aromatic heterocycles. The molecule has 6 heteroatoms. The highest BCUT2D eigenvalue weighted by Crippen LogP contribution is 2.17. The van der Waals surface area contributed by atoms with E-state index in [1.165, 1.54) is 5.56 Å². The molecule has 1 N–H and O–H groups in total. The lowest BCUT2D eigenvalue weighted by Gasteiger charge is -2.32. The number of piperidine rings is 1. The van der Waals surface area contributed by atoms with E-state index in [0.717, 1.165) is 38.3 Å².